The highest BCUT2D eigenvalue weighted by molar-refractivity contribution is 6.31. The van der Waals surface area contributed by atoms with Gasteiger partial charge in [-0.05, 0) is 85.3 Å². The first-order valence-corrected chi connectivity index (χ1v) is 13.3. The predicted molar refractivity (Wildman–Crippen MR) is 153 cm³/mol. The molecule has 0 saturated heterocycles. The summed E-state index contributed by atoms with van der Waals surface area (Å²) in [6, 6.07) is 17.0. The van der Waals surface area contributed by atoms with E-state index in [1.54, 1.807) is 36.8 Å². The summed E-state index contributed by atoms with van der Waals surface area (Å²) in [6.07, 6.45) is 7.76. The summed E-state index contributed by atoms with van der Waals surface area (Å²) < 4.78 is 16.5. The number of nitrogens with one attached hydrogen (secondary N) is 2. The lowest BCUT2D eigenvalue weighted by molar-refractivity contribution is 0.618. The minimum atomic E-state index is -0.512. The first-order valence-electron chi connectivity index (χ1n) is 12.9. The fourth-order valence-electron chi connectivity index (χ4n) is 4.56. The second-order valence-electron chi connectivity index (χ2n) is 9.81. The summed E-state index contributed by atoms with van der Waals surface area (Å²) in [5.41, 5.74) is 10.6. The first-order chi connectivity index (χ1) is 18.9. The third-order valence-corrected chi connectivity index (χ3v) is 6.91. The molecule has 2 aromatic carbocycles. The Hall–Kier alpha value is -3.85. The van der Waals surface area contributed by atoms with Crippen LogP contribution in [0.1, 0.15) is 36.5 Å². The minimum absolute atomic E-state index is 0.0600. The van der Waals surface area contributed by atoms with E-state index >= 15 is 4.39 Å². The van der Waals surface area contributed by atoms with Crippen molar-refractivity contribution < 1.29 is 4.39 Å². The van der Waals surface area contributed by atoms with Crippen molar-refractivity contribution in [2.24, 2.45) is 5.73 Å². The third kappa shape index (κ3) is 6.42. The van der Waals surface area contributed by atoms with E-state index in [1.807, 2.05) is 43.3 Å². The van der Waals surface area contributed by atoms with Crippen molar-refractivity contribution in [3.05, 3.63) is 111 Å². The summed E-state index contributed by atoms with van der Waals surface area (Å²) >= 11 is 6.22. The highest BCUT2D eigenvalue weighted by Crippen LogP contribution is 2.31. The highest BCUT2D eigenvalue weighted by atomic mass is 35.5. The van der Waals surface area contributed by atoms with Crippen LogP contribution in [0.3, 0.4) is 0 Å². The normalized spacial score (nSPS) is 12.2. The van der Waals surface area contributed by atoms with E-state index in [2.05, 4.69) is 20.3 Å². The molecule has 4 N–H and O–H groups in total. The molecule has 0 spiro atoms. The second kappa shape index (κ2) is 11.9. The number of pyridine rings is 1. The summed E-state index contributed by atoms with van der Waals surface area (Å²) in [5.74, 6) is -0.512. The van der Waals surface area contributed by atoms with E-state index in [0.717, 1.165) is 42.5 Å². The molecule has 200 valence electrons. The van der Waals surface area contributed by atoms with Crippen molar-refractivity contribution in [3.63, 3.8) is 0 Å². The molecule has 0 aliphatic rings. The SMILES string of the molecule is C[C@H](N)CCCc1cc(Cl)c(F)c(-c2cc3cn(-c4ccc(CNCc5ccncc5)cc4)c(=O)nc3[nH]2)c1. The number of halogens is 2. The van der Waals surface area contributed by atoms with Crippen LogP contribution in [0.25, 0.3) is 28.0 Å². The number of nitrogens with zero attached hydrogens (tertiary/aromatic N) is 3. The molecule has 9 heteroatoms. The Morgan fingerprint density at radius 2 is 1.77 bits per heavy atom. The summed E-state index contributed by atoms with van der Waals surface area (Å²) in [6.45, 7) is 3.39. The molecule has 3 aromatic heterocycles. The van der Waals surface area contributed by atoms with Crippen molar-refractivity contribution in [1.29, 1.82) is 0 Å². The zero-order chi connectivity index (χ0) is 27.4. The Bertz CT molecular complexity index is 1630. The van der Waals surface area contributed by atoms with Crippen LogP contribution in [0.4, 0.5) is 4.39 Å². The Morgan fingerprint density at radius 1 is 1.05 bits per heavy atom. The maximum Gasteiger partial charge on any atom is 0.354 e. The molecule has 0 fully saturated rings. The molecule has 0 aliphatic heterocycles. The molecular weight excluding hydrogens is 515 g/mol. The molecular formula is C30H30ClFN6O. The maximum atomic E-state index is 15.0. The van der Waals surface area contributed by atoms with Crippen LogP contribution in [0, 0.1) is 5.82 Å². The molecule has 39 heavy (non-hydrogen) atoms. The van der Waals surface area contributed by atoms with Gasteiger partial charge < -0.3 is 16.0 Å². The Kier molecular flexibility index (Phi) is 8.16. The van der Waals surface area contributed by atoms with Gasteiger partial charge in [-0.3, -0.25) is 9.55 Å². The van der Waals surface area contributed by atoms with Crippen molar-refractivity contribution >= 4 is 22.6 Å². The lowest BCUT2D eigenvalue weighted by Gasteiger charge is -2.09. The van der Waals surface area contributed by atoms with Gasteiger partial charge in [0.25, 0.3) is 0 Å². The van der Waals surface area contributed by atoms with Gasteiger partial charge in [0, 0.05) is 48.7 Å². The zero-order valence-electron chi connectivity index (χ0n) is 21.6. The fraction of sp³-hybridized carbons (Fsp3) is 0.233. The van der Waals surface area contributed by atoms with Crippen LogP contribution >= 0.6 is 11.6 Å². The van der Waals surface area contributed by atoms with Gasteiger partial charge in [0.05, 0.1) is 16.4 Å². The lowest BCUT2D eigenvalue weighted by Crippen LogP contribution is -2.20. The lowest BCUT2D eigenvalue weighted by atomic mass is 10.0. The van der Waals surface area contributed by atoms with Crippen molar-refractivity contribution in [3.8, 4) is 16.9 Å². The van der Waals surface area contributed by atoms with E-state index in [0.29, 0.717) is 34.5 Å². The number of hydrogen-bond donors (Lipinski definition) is 3. The smallest absolute Gasteiger partial charge is 0.339 e. The van der Waals surface area contributed by atoms with Gasteiger partial charge in [-0.15, -0.1) is 0 Å². The van der Waals surface area contributed by atoms with Gasteiger partial charge in [0.2, 0.25) is 0 Å². The first kappa shape index (κ1) is 26.7. The largest absolute Gasteiger partial charge is 0.354 e. The zero-order valence-corrected chi connectivity index (χ0v) is 22.4. The van der Waals surface area contributed by atoms with Crippen molar-refractivity contribution in [2.75, 3.05) is 0 Å². The molecule has 0 unspecified atom stereocenters. The molecule has 0 amide bonds. The number of H-pyrrole nitrogens is 1. The number of benzene rings is 2. The number of rotatable bonds is 10. The summed E-state index contributed by atoms with van der Waals surface area (Å²) in [4.78, 5) is 24.2. The number of hydrogen-bond acceptors (Lipinski definition) is 5. The second-order valence-corrected chi connectivity index (χ2v) is 10.2. The van der Waals surface area contributed by atoms with E-state index in [4.69, 9.17) is 17.3 Å². The van der Waals surface area contributed by atoms with Crippen LogP contribution in [-0.2, 0) is 19.5 Å². The quantitative estimate of drug-likeness (QED) is 0.215. The number of aromatic amines is 1. The van der Waals surface area contributed by atoms with Gasteiger partial charge in [-0.1, -0.05) is 23.7 Å². The van der Waals surface area contributed by atoms with Crippen LogP contribution in [0.2, 0.25) is 5.02 Å². The Labute approximate surface area is 230 Å². The number of fused-ring (bicyclic) bond motifs is 1. The molecule has 0 bridgehead atoms. The highest BCUT2D eigenvalue weighted by Gasteiger charge is 2.15. The summed E-state index contributed by atoms with van der Waals surface area (Å²) in [7, 11) is 0. The van der Waals surface area contributed by atoms with Gasteiger partial charge in [-0.2, -0.15) is 4.98 Å². The van der Waals surface area contributed by atoms with E-state index < -0.39 is 11.5 Å². The molecule has 7 nitrogen and oxygen atoms in total. The fourth-order valence-corrected chi connectivity index (χ4v) is 4.81. The van der Waals surface area contributed by atoms with Gasteiger partial charge in [0.15, 0.2) is 5.82 Å². The van der Waals surface area contributed by atoms with Gasteiger partial charge in [-0.25, -0.2) is 9.18 Å². The molecule has 0 saturated carbocycles. The third-order valence-electron chi connectivity index (χ3n) is 6.63. The maximum absolute atomic E-state index is 15.0. The van der Waals surface area contributed by atoms with Crippen LogP contribution in [0.5, 0.6) is 0 Å². The van der Waals surface area contributed by atoms with Gasteiger partial charge >= 0.3 is 5.69 Å². The average molecular weight is 545 g/mol. The van der Waals surface area contributed by atoms with Gasteiger partial charge in [0.1, 0.15) is 5.65 Å². The van der Waals surface area contributed by atoms with E-state index in [9.17, 15) is 4.79 Å². The standard InChI is InChI=1S/C30H30ClFN6O/c1-19(33)3-2-4-22-13-25(28(32)26(31)14-22)27-15-23-18-38(30(39)37-29(23)36-27)24-7-5-20(6-8-24)16-35-17-21-9-11-34-12-10-21/h5-15,18-19,35H,2-4,16-17,33H2,1H3,(H,36,37,39)/t19-/m0/s1. The number of nitrogens with two attached hydrogens (primary N) is 1. The minimum Gasteiger partial charge on any atom is -0.339 e. The molecule has 5 rings (SSSR count). The Morgan fingerprint density at radius 3 is 2.49 bits per heavy atom. The molecule has 5 aromatic rings. The van der Waals surface area contributed by atoms with Crippen molar-refractivity contribution in [1.82, 2.24) is 24.8 Å². The molecule has 0 radical (unpaired) electrons. The number of aromatic nitrogens is 4. The molecule has 1 atom stereocenters. The predicted octanol–water partition coefficient (Wildman–Crippen LogP) is 5.53. The van der Waals surface area contributed by atoms with E-state index in [-0.39, 0.29) is 11.1 Å². The Balaban J connectivity index is 1.35. The van der Waals surface area contributed by atoms with Crippen LogP contribution in [-0.4, -0.2) is 25.6 Å². The monoisotopic (exact) mass is 544 g/mol. The van der Waals surface area contributed by atoms with E-state index in [1.165, 1.54) is 4.57 Å². The van der Waals surface area contributed by atoms with Crippen molar-refractivity contribution in [2.45, 2.75) is 45.3 Å². The molecule has 3 heterocycles. The number of aryl methyl sites for hydroxylation is 1. The van der Waals surface area contributed by atoms with Crippen LogP contribution < -0.4 is 16.7 Å². The molecule has 0 aliphatic carbocycles. The average Bonchev–Trinajstić information content (AvgIpc) is 3.33. The topological polar surface area (TPSA) is 102 Å². The summed E-state index contributed by atoms with van der Waals surface area (Å²) in [5, 5.41) is 4.15. The van der Waals surface area contributed by atoms with Crippen LogP contribution in [0.15, 0.2) is 78.0 Å².